The van der Waals surface area contributed by atoms with Gasteiger partial charge < -0.3 is 4.74 Å². The van der Waals surface area contributed by atoms with Crippen LogP contribution in [0.15, 0.2) is 12.2 Å². The van der Waals surface area contributed by atoms with Crippen LogP contribution in [0.5, 0.6) is 0 Å². The first-order valence-electron chi connectivity index (χ1n) is 25.2. The van der Waals surface area contributed by atoms with E-state index in [1.54, 1.807) is 6.92 Å². The van der Waals surface area contributed by atoms with Gasteiger partial charge in [0.25, 0.3) is 0 Å². The molecule has 0 aromatic rings. The number of rotatable bonds is 45. The standard InChI is InChI=1S/C52H102O2/c1-7-9-11-13-29-35-41-49(5)43-37-31-25-21-17-15-16-18-23-27-33-39-45-51(47-54-52(53)48(3)4)46-40-34-28-24-20-19-22-26-32-38-44-50(6)42-36-30-14-12-10-8-2/h49-51H,3,7-47H2,1-2,4-6H3. The van der Waals surface area contributed by atoms with Gasteiger partial charge in [0.15, 0.2) is 0 Å². The monoisotopic (exact) mass is 759 g/mol. The predicted octanol–water partition coefficient (Wildman–Crippen LogP) is 18.6. The molecule has 0 N–H and O–H groups in total. The topological polar surface area (TPSA) is 26.3 Å². The van der Waals surface area contributed by atoms with Gasteiger partial charge in [0.1, 0.15) is 0 Å². The van der Waals surface area contributed by atoms with E-state index in [1.165, 1.54) is 257 Å². The van der Waals surface area contributed by atoms with Gasteiger partial charge in [0.2, 0.25) is 0 Å². The summed E-state index contributed by atoms with van der Waals surface area (Å²) >= 11 is 0. The largest absolute Gasteiger partial charge is 0.462 e. The van der Waals surface area contributed by atoms with Crippen molar-refractivity contribution in [3.8, 4) is 0 Å². The van der Waals surface area contributed by atoms with Gasteiger partial charge >= 0.3 is 5.97 Å². The van der Waals surface area contributed by atoms with Gasteiger partial charge in [-0.1, -0.05) is 278 Å². The van der Waals surface area contributed by atoms with E-state index in [4.69, 9.17) is 4.74 Å². The first kappa shape index (κ1) is 53.2. The lowest BCUT2D eigenvalue weighted by Gasteiger charge is -2.17. The van der Waals surface area contributed by atoms with E-state index in [2.05, 4.69) is 34.3 Å². The quantitative estimate of drug-likeness (QED) is 0.0351. The van der Waals surface area contributed by atoms with Crippen LogP contribution in [-0.4, -0.2) is 12.6 Å². The molecule has 2 nitrogen and oxygen atoms in total. The third kappa shape index (κ3) is 40.9. The summed E-state index contributed by atoms with van der Waals surface area (Å²) in [6.07, 6.45) is 56.2. The molecule has 0 aliphatic heterocycles. The Morgan fingerprint density at radius 3 is 0.852 bits per heavy atom. The molecule has 0 aromatic heterocycles. The van der Waals surface area contributed by atoms with Crippen LogP contribution < -0.4 is 0 Å². The van der Waals surface area contributed by atoms with Crippen LogP contribution in [0.2, 0.25) is 0 Å². The maximum Gasteiger partial charge on any atom is 0.333 e. The lowest BCUT2D eigenvalue weighted by atomic mass is 9.94. The van der Waals surface area contributed by atoms with Gasteiger partial charge in [-0.15, -0.1) is 0 Å². The molecule has 0 aromatic carbocycles. The van der Waals surface area contributed by atoms with Crippen LogP contribution in [0.4, 0.5) is 0 Å². The number of hydrogen-bond donors (Lipinski definition) is 0. The van der Waals surface area contributed by atoms with Crippen molar-refractivity contribution in [1.82, 2.24) is 0 Å². The van der Waals surface area contributed by atoms with Crippen molar-refractivity contribution in [3.05, 3.63) is 12.2 Å². The van der Waals surface area contributed by atoms with E-state index in [-0.39, 0.29) is 5.97 Å². The number of unbranched alkanes of at least 4 members (excludes halogenated alkanes) is 30. The summed E-state index contributed by atoms with van der Waals surface area (Å²) < 4.78 is 5.63. The van der Waals surface area contributed by atoms with Gasteiger partial charge in [-0.3, -0.25) is 0 Å². The fourth-order valence-electron chi connectivity index (χ4n) is 8.50. The lowest BCUT2D eigenvalue weighted by molar-refractivity contribution is -0.140. The van der Waals surface area contributed by atoms with Crippen LogP contribution in [0.1, 0.15) is 291 Å². The molecule has 0 bridgehead atoms. The zero-order chi connectivity index (χ0) is 39.6. The van der Waals surface area contributed by atoms with Crippen molar-refractivity contribution in [2.24, 2.45) is 17.8 Å². The van der Waals surface area contributed by atoms with Gasteiger partial charge in [-0.2, -0.15) is 0 Å². The molecular weight excluding hydrogens is 657 g/mol. The average Bonchev–Trinajstić information content (AvgIpc) is 3.16. The third-order valence-corrected chi connectivity index (χ3v) is 12.5. The SMILES string of the molecule is C=C(C)C(=O)OCC(CCCCCCCCCCCCCCC(C)CCCCCCCC)CCCCCCCCCCCCC(C)CCCCCCCC. The molecule has 0 fully saturated rings. The van der Waals surface area contributed by atoms with Crippen molar-refractivity contribution in [2.75, 3.05) is 6.61 Å². The molecule has 0 aliphatic rings. The Kier molecular flexibility index (Phi) is 42.7. The van der Waals surface area contributed by atoms with Crippen LogP contribution in [-0.2, 0) is 9.53 Å². The minimum absolute atomic E-state index is 0.212. The summed E-state index contributed by atoms with van der Waals surface area (Å²) in [5.41, 5.74) is 0.524. The molecule has 54 heavy (non-hydrogen) atoms. The highest BCUT2D eigenvalue weighted by molar-refractivity contribution is 5.86. The molecule has 0 saturated heterocycles. The highest BCUT2D eigenvalue weighted by Crippen LogP contribution is 2.23. The van der Waals surface area contributed by atoms with Gasteiger partial charge in [-0.25, -0.2) is 4.79 Å². The van der Waals surface area contributed by atoms with Gasteiger partial charge in [-0.05, 0) is 37.5 Å². The molecule has 0 rings (SSSR count). The van der Waals surface area contributed by atoms with Crippen LogP contribution in [0, 0.1) is 17.8 Å². The fraction of sp³-hybridized carbons (Fsp3) is 0.942. The number of hydrogen-bond acceptors (Lipinski definition) is 2. The van der Waals surface area contributed by atoms with Crippen molar-refractivity contribution in [2.45, 2.75) is 291 Å². The number of carbonyl (C=O) groups is 1. The third-order valence-electron chi connectivity index (χ3n) is 12.5. The number of ether oxygens (including phenoxy) is 1. The molecule has 322 valence electrons. The smallest absolute Gasteiger partial charge is 0.333 e. The average molecular weight is 759 g/mol. The molecule has 0 amide bonds. The first-order chi connectivity index (χ1) is 26.4. The highest BCUT2D eigenvalue weighted by Gasteiger charge is 2.13. The molecule has 0 aliphatic carbocycles. The van der Waals surface area contributed by atoms with E-state index in [0.29, 0.717) is 18.1 Å². The van der Waals surface area contributed by atoms with E-state index in [1.807, 2.05) is 0 Å². The predicted molar refractivity (Wildman–Crippen MR) is 244 cm³/mol. The van der Waals surface area contributed by atoms with Crippen LogP contribution in [0.3, 0.4) is 0 Å². The Morgan fingerprint density at radius 1 is 0.389 bits per heavy atom. The van der Waals surface area contributed by atoms with Crippen LogP contribution in [0.25, 0.3) is 0 Å². The second-order valence-corrected chi connectivity index (χ2v) is 18.5. The number of esters is 1. The minimum Gasteiger partial charge on any atom is -0.462 e. The molecule has 0 spiro atoms. The summed E-state index contributed by atoms with van der Waals surface area (Å²) in [6.45, 7) is 15.7. The highest BCUT2D eigenvalue weighted by atomic mass is 16.5. The van der Waals surface area contributed by atoms with Crippen molar-refractivity contribution in [1.29, 1.82) is 0 Å². The molecule has 3 atom stereocenters. The fourth-order valence-corrected chi connectivity index (χ4v) is 8.50. The van der Waals surface area contributed by atoms with Crippen molar-refractivity contribution < 1.29 is 9.53 Å². The summed E-state index contributed by atoms with van der Waals surface area (Å²) in [5.74, 6) is 2.18. The second-order valence-electron chi connectivity index (χ2n) is 18.5. The van der Waals surface area contributed by atoms with E-state index >= 15 is 0 Å². The Morgan fingerprint density at radius 2 is 0.611 bits per heavy atom. The lowest BCUT2D eigenvalue weighted by Crippen LogP contribution is -2.15. The molecular formula is C52H102O2. The van der Waals surface area contributed by atoms with E-state index < -0.39 is 0 Å². The summed E-state index contributed by atoms with van der Waals surface area (Å²) in [6, 6.07) is 0. The van der Waals surface area contributed by atoms with E-state index in [9.17, 15) is 4.79 Å². The van der Waals surface area contributed by atoms with Gasteiger partial charge in [0.05, 0.1) is 6.61 Å². The zero-order valence-corrected chi connectivity index (χ0v) is 38.2. The summed E-state index contributed by atoms with van der Waals surface area (Å²) in [7, 11) is 0. The summed E-state index contributed by atoms with van der Waals surface area (Å²) in [5, 5.41) is 0. The Labute approximate surface area is 342 Å². The second kappa shape index (κ2) is 43.3. The molecule has 0 heterocycles. The van der Waals surface area contributed by atoms with Gasteiger partial charge in [0, 0.05) is 5.57 Å². The molecule has 2 heteroatoms. The number of carbonyl (C=O) groups excluding carboxylic acids is 1. The first-order valence-corrected chi connectivity index (χ1v) is 25.2. The van der Waals surface area contributed by atoms with Crippen molar-refractivity contribution >= 4 is 5.97 Å². The maximum atomic E-state index is 12.1. The Balaban J connectivity index is 3.74. The Hall–Kier alpha value is -0.790. The Bertz CT molecular complexity index is 757. The minimum atomic E-state index is -0.212. The molecule has 0 radical (unpaired) electrons. The van der Waals surface area contributed by atoms with Crippen molar-refractivity contribution in [3.63, 3.8) is 0 Å². The molecule has 0 saturated carbocycles. The zero-order valence-electron chi connectivity index (χ0n) is 38.2. The summed E-state index contributed by atoms with van der Waals surface area (Å²) in [4.78, 5) is 12.1. The normalized spacial score (nSPS) is 13.3. The maximum absolute atomic E-state index is 12.1. The van der Waals surface area contributed by atoms with E-state index in [0.717, 1.165) is 11.8 Å². The van der Waals surface area contributed by atoms with Crippen LogP contribution >= 0.6 is 0 Å². The molecule has 3 unspecified atom stereocenters.